The van der Waals surface area contributed by atoms with E-state index in [9.17, 15) is 26.7 Å². The van der Waals surface area contributed by atoms with Crippen LogP contribution in [0.2, 0.25) is 0 Å². The van der Waals surface area contributed by atoms with E-state index in [0.29, 0.717) is 23.4 Å². The SMILES string of the molecule is C=Cc1cc(NC(=O)C2CCP2C(F)(F)F)ccn1.CN.Cc1cccc(F)c1F.[CH3-].[Es]. The summed E-state index contributed by atoms with van der Waals surface area (Å²) in [5.74, 6) is -6.33. The molecule has 4 nitrogen and oxygen atoms in total. The van der Waals surface area contributed by atoms with Crippen LogP contribution in [-0.4, -0.2) is 35.7 Å². The first-order valence-corrected chi connectivity index (χ1v) is 10.4. The van der Waals surface area contributed by atoms with Crippen LogP contribution in [0.25, 0.3) is 6.08 Å². The Balaban J connectivity index is 0. The van der Waals surface area contributed by atoms with Crippen molar-refractivity contribution in [3.63, 3.8) is 0 Å². The van der Waals surface area contributed by atoms with Crippen molar-refractivity contribution in [1.82, 2.24) is 4.98 Å². The molecule has 1 aromatic heterocycles. The van der Waals surface area contributed by atoms with Gasteiger partial charge in [-0.2, -0.15) is 13.2 Å². The molecule has 0 spiro atoms. The minimum Gasteiger partial charge on any atom is -0.358 e. The number of pyridine rings is 1. The van der Waals surface area contributed by atoms with E-state index in [1.165, 1.54) is 38.4 Å². The molecule has 11 heteroatoms. The Bertz CT molecular complexity index is 847. The molecule has 183 valence electrons. The fraction of sp³-hybridized carbons (Fsp3) is 0.286. The van der Waals surface area contributed by atoms with E-state index >= 15 is 0 Å². The Morgan fingerprint density at radius 2 is 1.91 bits per heavy atom. The first-order valence-electron chi connectivity index (χ1n) is 8.84. The van der Waals surface area contributed by atoms with Gasteiger partial charge in [-0.15, -0.1) is 0 Å². The second kappa shape index (κ2) is 13.8. The number of aryl methyl sites for hydroxylation is 1. The quantitative estimate of drug-likeness (QED) is 0.243. The zero-order valence-electron chi connectivity index (χ0n) is 17.8. The Morgan fingerprint density at radius 1 is 1.28 bits per heavy atom. The minimum absolute atomic E-state index is 0. The van der Waals surface area contributed by atoms with Crippen LogP contribution in [0, 0.1) is 26.0 Å². The van der Waals surface area contributed by atoms with E-state index in [-0.39, 0.29) is 13.6 Å². The van der Waals surface area contributed by atoms with Gasteiger partial charge in [-0.3, -0.25) is 9.78 Å². The molecule has 0 aliphatic carbocycles. The third-order valence-corrected chi connectivity index (χ3v) is 6.69. The van der Waals surface area contributed by atoms with Gasteiger partial charge < -0.3 is 18.5 Å². The number of rotatable bonds is 3. The third-order valence-electron chi connectivity index (χ3n) is 4.05. The number of alkyl halides is 3. The average molecular weight is 714 g/mol. The molecule has 3 rings (SSSR count). The van der Waals surface area contributed by atoms with E-state index < -0.39 is 37.0 Å². The molecule has 1 saturated heterocycles. The number of halogens is 5. The zero-order chi connectivity index (χ0) is 22.9. The molecule has 1 aliphatic heterocycles. The predicted molar refractivity (Wildman–Crippen MR) is 117 cm³/mol. The van der Waals surface area contributed by atoms with Crippen LogP contribution in [0.15, 0.2) is 43.1 Å². The molecule has 0 bridgehead atoms. The van der Waals surface area contributed by atoms with Crippen LogP contribution in [-0.2, 0) is 4.79 Å². The molecule has 2 aromatic rings. The monoisotopic (exact) mass is 714 g/mol. The summed E-state index contributed by atoms with van der Waals surface area (Å²) in [7, 11) is -0.697. The summed E-state index contributed by atoms with van der Waals surface area (Å²) in [6, 6.07) is 7.22. The maximum atomic E-state index is 12.6. The number of anilines is 1. The van der Waals surface area contributed by atoms with Gasteiger partial charge in [0.05, 0.1) is 11.4 Å². The maximum absolute atomic E-state index is 12.6. The number of benzene rings is 1. The second-order valence-corrected chi connectivity index (χ2v) is 8.52. The number of carbonyl (C=O) groups excluding carboxylic acids is 1. The van der Waals surface area contributed by atoms with E-state index in [1.54, 1.807) is 12.1 Å². The summed E-state index contributed by atoms with van der Waals surface area (Å²) in [5.41, 5.74) is 4.92. The first kappa shape index (κ1) is 30.8. The van der Waals surface area contributed by atoms with Crippen LogP contribution in [0.4, 0.5) is 27.6 Å². The summed E-state index contributed by atoms with van der Waals surface area (Å²) in [5, 5.41) is 2.51. The van der Waals surface area contributed by atoms with Gasteiger partial charge in [-0.1, -0.05) is 18.7 Å². The van der Waals surface area contributed by atoms with Crippen molar-refractivity contribution in [2.75, 3.05) is 18.5 Å². The zero-order valence-corrected chi connectivity index (χ0v) is 21.2. The number of amides is 1. The number of hydrogen-bond acceptors (Lipinski definition) is 3. The predicted octanol–water partition coefficient (Wildman–Crippen LogP) is 5.74. The Labute approximate surface area is 180 Å². The standard InChI is InChI=1S/C12H12F3N2OP.C7H6F2.CH5N.CH3.Es/c1-2-8-7-9(3-5-16-8)17-11(18)10-4-6-19(10)12(13,14)15;1-5-3-2-4-6(8)7(5)9;1-2;;/h2-3,5,7,10H,1,4,6H2,(H,16,17,18);2-4H,1H3;2H2,1H3;1H3;/q;;;-1;. The van der Waals surface area contributed by atoms with Gasteiger partial charge in [0.15, 0.2) is 11.6 Å². The van der Waals surface area contributed by atoms with E-state index in [2.05, 4.69) is 22.6 Å². The summed E-state index contributed by atoms with van der Waals surface area (Å²) in [6.45, 7) is 5.06. The Kier molecular flexibility index (Phi) is 13.3. The van der Waals surface area contributed by atoms with Crippen molar-refractivity contribution in [3.8, 4) is 0 Å². The molecule has 1 amide bonds. The topological polar surface area (TPSA) is 68.0 Å². The van der Waals surface area contributed by atoms with Gasteiger partial charge in [-0.25, -0.2) is 8.78 Å². The van der Waals surface area contributed by atoms with Crippen molar-refractivity contribution >= 4 is 25.6 Å². The summed E-state index contributed by atoms with van der Waals surface area (Å²) in [4.78, 5) is 15.8. The molecule has 3 N–H and O–H groups in total. The fourth-order valence-corrected chi connectivity index (χ4v) is 4.17. The second-order valence-electron chi connectivity index (χ2n) is 6.00. The largest absolute Gasteiger partial charge is 0.405 e. The molecule has 0 saturated carbocycles. The summed E-state index contributed by atoms with van der Waals surface area (Å²) in [6.07, 6.45) is 3.36. The normalized spacial score (nSPS) is 16.2. The van der Waals surface area contributed by atoms with Gasteiger partial charge in [0.2, 0.25) is 5.91 Å². The third kappa shape index (κ3) is 8.40. The molecular formula is C21H26EsF5N3OP-. The van der Waals surface area contributed by atoms with Crippen LogP contribution >= 0.6 is 7.92 Å². The summed E-state index contributed by atoms with van der Waals surface area (Å²) >= 11 is 0. The van der Waals surface area contributed by atoms with Crippen molar-refractivity contribution in [2.45, 2.75) is 24.9 Å². The van der Waals surface area contributed by atoms with Crippen molar-refractivity contribution in [3.05, 3.63) is 73.4 Å². The van der Waals surface area contributed by atoms with Crippen LogP contribution < -0.4 is 11.1 Å². The number of hydrogen-bond donors (Lipinski definition) is 2. The van der Waals surface area contributed by atoms with E-state index in [1.807, 2.05) is 0 Å². The fourth-order valence-electron chi connectivity index (χ4n) is 2.44. The van der Waals surface area contributed by atoms with Gasteiger partial charge in [0.1, 0.15) is 0 Å². The smallest absolute Gasteiger partial charge is 0.358 e. The molecule has 1 aliphatic rings. The van der Waals surface area contributed by atoms with Gasteiger partial charge in [-0.05, 0) is 56.4 Å². The molecule has 2 atom stereocenters. The van der Waals surface area contributed by atoms with Crippen LogP contribution in [0.3, 0.4) is 0 Å². The van der Waals surface area contributed by atoms with E-state index in [4.69, 9.17) is 0 Å². The number of nitrogens with one attached hydrogen (secondary N) is 1. The first-order chi connectivity index (χ1) is 14.1. The number of nitrogens with two attached hydrogens (primary N) is 1. The van der Waals surface area contributed by atoms with Crippen molar-refractivity contribution in [2.24, 2.45) is 5.73 Å². The number of aromatic nitrogens is 1. The van der Waals surface area contributed by atoms with Gasteiger partial charge >= 0.3 is 5.92 Å². The molecule has 1 aromatic carbocycles. The summed E-state index contributed by atoms with van der Waals surface area (Å²) < 4.78 is 62.3. The molecule has 1 fully saturated rings. The molecular weight excluding hydrogens is 688 g/mol. The average Bonchev–Trinajstić information content (AvgIpc) is 2.66. The Morgan fingerprint density at radius 3 is 2.34 bits per heavy atom. The van der Waals surface area contributed by atoms with Gasteiger partial charge in [0.25, 0.3) is 0 Å². The van der Waals surface area contributed by atoms with Crippen molar-refractivity contribution in [1.29, 1.82) is 0 Å². The van der Waals surface area contributed by atoms with Crippen molar-refractivity contribution < 1.29 is 26.7 Å². The number of carbonyl (C=O) groups is 1. The van der Waals surface area contributed by atoms with Crippen LogP contribution in [0.1, 0.15) is 17.7 Å². The minimum atomic E-state index is -4.24. The molecule has 32 heavy (non-hydrogen) atoms. The number of nitrogens with zero attached hydrogens (tertiary/aromatic N) is 1. The molecule has 2 heterocycles. The molecule has 1 radical (unpaired) electrons. The molecule has 2 unspecified atom stereocenters. The van der Waals surface area contributed by atoms with E-state index in [0.717, 1.165) is 6.07 Å². The Hall–Kier alpha value is -3.38. The van der Waals surface area contributed by atoms with Gasteiger partial charge in [0, 0.05) is 19.8 Å². The van der Waals surface area contributed by atoms with Crippen LogP contribution in [0.5, 0.6) is 0 Å². The maximum Gasteiger partial charge on any atom is 0.405 e.